The fourth-order valence-electron chi connectivity index (χ4n) is 7.24. The lowest BCUT2D eigenvalue weighted by molar-refractivity contribution is 0.601. The Hall–Kier alpha value is -4.38. The smallest absolute Gasteiger partial charge is 0.159 e. The van der Waals surface area contributed by atoms with Crippen LogP contribution in [0.4, 0.5) is 0 Å². The molecule has 0 atom stereocenters. The molecule has 2 aromatic heterocycles. The van der Waals surface area contributed by atoms with E-state index in [4.69, 9.17) is 4.42 Å². The summed E-state index contributed by atoms with van der Waals surface area (Å²) >= 11 is 3.78. The molecule has 0 radical (unpaired) electrons. The number of allylic oxidation sites excluding steroid dienone is 1. The molecular formula is C40H31NOS2. The van der Waals surface area contributed by atoms with E-state index >= 15 is 0 Å². The maximum absolute atomic E-state index is 6.56. The Bertz CT molecular complexity index is 2270. The van der Waals surface area contributed by atoms with Gasteiger partial charge in [0.2, 0.25) is 0 Å². The van der Waals surface area contributed by atoms with Crippen molar-refractivity contribution in [1.82, 2.24) is 4.57 Å². The normalized spacial score (nSPS) is 14.4. The molecule has 0 N–H and O–H groups in total. The number of furan rings is 1. The summed E-state index contributed by atoms with van der Waals surface area (Å²) in [4.78, 5) is 5.34. The molecule has 0 saturated carbocycles. The summed E-state index contributed by atoms with van der Waals surface area (Å²) in [6.45, 7) is 19.3. The minimum absolute atomic E-state index is 0.187. The number of rotatable bonds is 5. The van der Waals surface area contributed by atoms with Gasteiger partial charge < -0.3 is 8.98 Å². The molecule has 2 nitrogen and oxygen atoms in total. The number of hydrogen-bond acceptors (Lipinski definition) is 3. The van der Waals surface area contributed by atoms with Crippen LogP contribution in [0.15, 0.2) is 117 Å². The summed E-state index contributed by atoms with van der Waals surface area (Å²) in [7, 11) is 0. The van der Waals surface area contributed by atoms with Gasteiger partial charge >= 0.3 is 0 Å². The largest absolute Gasteiger partial charge is 0.454 e. The second-order valence-corrected chi connectivity index (χ2v) is 13.9. The van der Waals surface area contributed by atoms with Crippen LogP contribution in [0, 0.1) is 0 Å². The molecule has 0 spiro atoms. The number of para-hydroxylation sites is 1. The van der Waals surface area contributed by atoms with E-state index in [-0.39, 0.29) is 5.41 Å². The van der Waals surface area contributed by atoms with Crippen molar-refractivity contribution in [1.29, 1.82) is 0 Å². The Labute approximate surface area is 266 Å². The lowest BCUT2D eigenvalue weighted by Gasteiger charge is -2.28. The summed E-state index contributed by atoms with van der Waals surface area (Å²) < 4.78 is 8.90. The molecule has 8 rings (SSSR count). The highest BCUT2D eigenvalue weighted by atomic mass is 32.2. The van der Waals surface area contributed by atoms with Crippen LogP contribution >= 0.6 is 23.5 Å². The van der Waals surface area contributed by atoms with Crippen molar-refractivity contribution in [2.75, 3.05) is 0 Å². The van der Waals surface area contributed by atoms with Gasteiger partial charge in [0, 0.05) is 52.5 Å². The predicted octanol–water partition coefficient (Wildman–Crippen LogP) is 12.3. The van der Waals surface area contributed by atoms with Crippen LogP contribution in [-0.4, -0.2) is 4.57 Å². The standard InChI is InChI=1S/C40H31NOS2/c1-7-14-24-26-15-13-16-30(38(26)42-31(24)10-4)41-29(9-3)23(8-2)25-19-21-28-35(37(25)41)27-20-22-34-39(36(27)40(28,5)6)44-33-18-12-11-17-32(33)43-34/h7-22H,2-4H2,1,5-6H3/b14-7-. The van der Waals surface area contributed by atoms with E-state index in [9.17, 15) is 0 Å². The number of hydrogen-bond donors (Lipinski definition) is 0. The monoisotopic (exact) mass is 605 g/mol. The van der Waals surface area contributed by atoms with Crippen LogP contribution in [0.3, 0.4) is 0 Å². The molecule has 0 bridgehead atoms. The van der Waals surface area contributed by atoms with Gasteiger partial charge in [0.05, 0.1) is 16.9 Å². The van der Waals surface area contributed by atoms with Crippen LogP contribution in [0.5, 0.6) is 0 Å². The third kappa shape index (κ3) is 3.53. The van der Waals surface area contributed by atoms with Crippen molar-refractivity contribution in [2.45, 2.75) is 45.8 Å². The van der Waals surface area contributed by atoms with E-state index in [0.29, 0.717) is 0 Å². The molecular weight excluding hydrogens is 575 g/mol. The van der Waals surface area contributed by atoms with Crippen molar-refractivity contribution in [3.8, 4) is 16.8 Å². The van der Waals surface area contributed by atoms with Crippen molar-refractivity contribution < 1.29 is 4.42 Å². The maximum Gasteiger partial charge on any atom is 0.159 e. The molecule has 4 aromatic carbocycles. The molecule has 1 aliphatic heterocycles. The lowest BCUT2D eigenvalue weighted by atomic mass is 9.82. The molecule has 0 fully saturated rings. The highest BCUT2D eigenvalue weighted by Gasteiger charge is 2.41. The minimum Gasteiger partial charge on any atom is -0.454 e. The summed E-state index contributed by atoms with van der Waals surface area (Å²) in [5.41, 5.74) is 11.2. The first-order valence-electron chi connectivity index (χ1n) is 14.8. The predicted molar refractivity (Wildman–Crippen MR) is 190 cm³/mol. The molecule has 0 unspecified atom stereocenters. The maximum atomic E-state index is 6.56. The van der Waals surface area contributed by atoms with Gasteiger partial charge in [-0.25, -0.2) is 0 Å². The van der Waals surface area contributed by atoms with Gasteiger partial charge in [-0.1, -0.05) is 118 Å². The van der Waals surface area contributed by atoms with Gasteiger partial charge in [-0.2, -0.15) is 0 Å². The summed E-state index contributed by atoms with van der Waals surface area (Å²) in [6.07, 6.45) is 9.84. The van der Waals surface area contributed by atoms with E-state index in [0.717, 1.165) is 50.1 Å². The van der Waals surface area contributed by atoms with Crippen molar-refractivity contribution in [2.24, 2.45) is 0 Å². The van der Waals surface area contributed by atoms with Gasteiger partial charge in [0.25, 0.3) is 0 Å². The molecule has 0 amide bonds. The highest BCUT2D eigenvalue weighted by Crippen LogP contribution is 2.60. The first-order valence-corrected chi connectivity index (χ1v) is 16.5. The number of fused-ring (bicyclic) bond motifs is 9. The molecule has 2 aliphatic rings. The van der Waals surface area contributed by atoms with Crippen LogP contribution in [-0.2, 0) is 5.41 Å². The Morgan fingerprint density at radius 3 is 2.30 bits per heavy atom. The topological polar surface area (TPSA) is 18.1 Å². The second-order valence-electron chi connectivity index (χ2n) is 11.8. The third-order valence-electron chi connectivity index (χ3n) is 9.10. The molecule has 0 saturated heterocycles. The minimum atomic E-state index is -0.187. The van der Waals surface area contributed by atoms with Crippen LogP contribution in [0.1, 0.15) is 54.5 Å². The van der Waals surface area contributed by atoms with Crippen molar-refractivity contribution in [3.63, 3.8) is 0 Å². The molecule has 214 valence electrons. The lowest BCUT2D eigenvalue weighted by Crippen LogP contribution is -2.17. The Balaban J connectivity index is 1.49. The Kier molecular flexibility index (Phi) is 6.07. The Morgan fingerprint density at radius 2 is 1.57 bits per heavy atom. The quantitative estimate of drug-likeness (QED) is 0.194. The molecule has 4 heteroatoms. The van der Waals surface area contributed by atoms with Crippen LogP contribution < -0.4 is 0 Å². The summed E-state index contributed by atoms with van der Waals surface area (Å²) in [5, 5.41) is 2.21. The number of aromatic nitrogens is 1. The van der Waals surface area contributed by atoms with E-state index in [1.807, 2.05) is 48.7 Å². The van der Waals surface area contributed by atoms with E-state index in [1.165, 1.54) is 41.8 Å². The SMILES string of the molecule is C=Cc1oc2c(-n3c(C=C)c(C=C)c4ccc5c(c43)-c3ccc4c(c3C5(C)C)Sc3ccccc3S4)cccc2c1/C=C\C. The van der Waals surface area contributed by atoms with Crippen molar-refractivity contribution in [3.05, 3.63) is 126 Å². The molecule has 3 heterocycles. The second kappa shape index (κ2) is 9.82. The zero-order valence-corrected chi connectivity index (χ0v) is 26.7. The third-order valence-corrected chi connectivity index (χ3v) is 11.7. The summed E-state index contributed by atoms with van der Waals surface area (Å²) in [5.74, 6) is 0.768. The van der Waals surface area contributed by atoms with Crippen LogP contribution in [0.2, 0.25) is 0 Å². The highest BCUT2D eigenvalue weighted by molar-refractivity contribution is 8.05. The van der Waals surface area contributed by atoms with Crippen LogP contribution in [0.25, 0.3) is 63.0 Å². The number of benzene rings is 4. The van der Waals surface area contributed by atoms with Crippen molar-refractivity contribution >= 4 is 69.7 Å². The van der Waals surface area contributed by atoms with Gasteiger partial charge in [0.15, 0.2) is 5.58 Å². The molecule has 1 aliphatic carbocycles. The average molecular weight is 606 g/mol. The van der Waals surface area contributed by atoms with Gasteiger partial charge in [0.1, 0.15) is 5.76 Å². The molecule has 44 heavy (non-hydrogen) atoms. The van der Waals surface area contributed by atoms with E-state index in [2.05, 4.69) is 111 Å². The van der Waals surface area contributed by atoms with Gasteiger partial charge in [-0.15, -0.1) is 0 Å². The molecule has 6 aromatic rings. The van der Waals surface area contributed by atoms with E-state index in [1.54, 1.807) is 6.08 Å². The fourth-order valence-corrected chi connectivity index (χ4v) is 9.80. The zero-order valence-electron chi connectivity index (χ0n) is 25.0. The first-order chi connectivity index (χ1) is 21.4. The zero-order chi connectivity index (χ0) is 30.3. The van der Waals surface area contributed by atoms with Gasteiger partial charge in [-0.05, 0) is 60.0 Å². The number of nitrogens with zero attached hydrogens (tertiary/aromatic N) is 1. The Morgan fingerprint density at radius 1 is 0.773 bits per heavy atom. The summed E-state index contributed by atoms with van der Waals surface area (Å²) in [6, 6.07) is 24.4. The first kappa shape index (κ1) is 27.2. The fraction of sp³-hybridized carbons (Fsp3) is 0.100. The van der Waals surface area contributed by atoms with E-state index < -0.39 is 0 Å². The average Bonchev–Trinajstić information content (AvgIpc) is 3.65. The van der Waals surface area contributed by atoms with Gasteiger partial charge in [-0.3, -0.25) is 0 Å².